The van der Waals surface area contributed by atoms with Crippen LogP contribution < -0.4 is 11.3 Å². The Labute approximate surface area is 75.7 Å². The molecule has 1 heterocycles. The molecule has 4 nitrogen and oxygen atoms in total. The summed E-state index contributed by atoms with van der Waals surface area (Å²) >= 11 is 1.55. The standard InChI is InChI=1S/C7H13N3OS/c1-2-11-3-6(10-8)7-4-12-5-9-7/h4-6,10H,2-3,8H2,1H3. The van der Waals surface area contributed by atoms with Crippen LogP contribution in [0.3, 0.4) is 0 Å². The Hall–Kier alpha value is -0.490. The van der Waals surface area contributed by atoms with Gasteiger partial charge in [-0.25, -0.2) is 10.4 Å². The zero-order valence-corrected chi connectivity index (χ0v) is 7.80. The molecule has 0 amide bonds. The summed E-state index contributed by atoms with van der Waals surface area (Å²) in [5.41, 5.74) is 5.38. The van der Waals surface area contributed by atoms with E-state index in [0.717, 1.165) is 5.69 Å². The molecule has 0 aliphatic heterocycles. The third-order valence-corrected chi connectivity index (χ3v) is 2.10. The van der Waals surface area contributed by atoms with Crippen molar-refractivity contribution in [1.82, 2.24) is 10.4 Å². The summed E-state index contributed by atoms with van der Waals surface area (Å²) in [6.45, 7) is 3.22. The van der Waals surface area contributed by atoms with E-state index in [1.54, 1.807) is 16.8 Å². The SMILES string of the molecule is CCOCC(NN)c1cscn1. The molecule has 1 atom stereocenters. The first-order valence-corrected chi connectivity index (χ1v) is 4.74. The molecule has 0 radical (unpaired) electrons. The Bertz CT molecular complexity index is 202. The number of ether oxygens (including phenoxy) is 1. The number of nitrogens with two attached hydrogens (primary N) is 1. The van der Waals surface area contributed by atoms with Gasteiger partial charge in [0.15, 0.2) is 0 Å². The van der Waals surface area contributed by atoms with Gasteiger partial charge >= 0.3 is 0 Å². The molecule has 0 aliphatic rings. The van der Waals surface area contributed by atoms with Crippen LogP contribution in [0.25, 0.3) is 0 Å². The highest BCUT2D eigenvalue weighted by atomic mass is 32.1. The fraction of sp³-hybridized carbons (Fsp3) is 0.571. The van der Waals surface area contributed by atoms with Crippen LogP contribution >= 0.6 is 11.3 Å². The molecule has 68 valence electrons. The molecule has 12 heavy (non-hydrogen) atoms. The van der Waals surface area contributed by atoms with Gasteiger partial charge in [0.2, 0.25) is 0 Å². The highest BCUT2D eigenvalue weighted by molar-refractivity contribution is 7.07. The average Bonchev–Trinajstić information content (AvgIpc) is 2.59. The molecule has 0 saturated heterocycles. The molecule has 5 heteroatoms. The Morgan fingerprint density at radius 2 is 2.67 bits per heavy atom. The van der Waals surface area contributed by atoms with Gasteiger partial charge < -0.3 is 4.74 Å². The number of nitrogens with one attached hydrogen (secondary N) is 1. The van der Waals surface area contributed by atoms with Crippen molar-refractivity contribution >= 4 is 11.3 Å². The minimum Gasteiger partial charge on any atom is -0.380 e. The van der Waals surface area contributed by atoms with Gasteiger partial charge in [0, 0.05) is 12.0 Å². The molecule has 1 aromatic rings. The van der Waals surface area contributed by atoms with E-state index in [9.17, 15) is 0 Å². The lowest BCUT2D eigenvalue weighted by atomic mass is 10.2. The van der Waals surface area contributed by atoms with Gasteiger partial charge in [-0.05, 0) is 6.92 Å². The van der Waals surface area contributed by atoms with E-state index in [-0.39, 0.29) is 6.04 Å². The van der Waals surface area contributed by atoms with Crippen molar-refractivity contribution in [3.63, 3.8) is 0 Å². The second-order valence-corrected chi connectivity index (χ2v) is 3.01. The summed E-state index contributed by atoms with van der Waals surface area (Å²) in [5, 5.41) is 1.96. The number of thiazole rings is 1. The highest BCUT2D eigenvalue weighted by Crippen LogP contribution is 2.11. The van der Waals surface area contributed by atoms with Crippen molar-refractivity contribution in [2.24, 2.45) is 5.84 Å². The average molecular weight is 187 g/mol. The molecule has 0 spiro atoms. The second-order valence-electron chi connectivity index (χ2n) is 2.29. The number of rotatable bonds is 5. The Balaban J connectivity index is 2.45. The van der Waals surface area contributed by atoms with Crippen molar-refractivity contribution in [1.29, 1.82) is 0 Å². The van der Waals surface area contributed by atoms with Crippen LogP contribution in [-0.4, -0.2) is 18.2 Å². The Morgan fingerprint density at radius 1 is 1.83 bits per heavy atom. The van der Waals surface area contributed by atoms with Crippen LogP contribution in [0.5, 0.6) is 0 Å². The van der Waals surface area contributed by atoms with Crippen molar-refractivity contribution in [3.8, 4) is 0 Å². The second kappa shape index (κ2) is 5.21. The lowest BCUT2D eigenvalue weighted by Crippen LogP contribution is -2.31. The fourth-order valence-electron chi connectivity index (χ4n) is 0.849. The quantitative estimate of drug-likeness (QED) is 0.526. The summed E-state index contributed by atoms with van der Waals surface area (Å²) in [6, 6.07) is 0.0104. The number of hydrogen-bond donors (Lipinski definition) is 2. The van der Waals surface area contributed by atoms with Gasteiger partial charge in [-0.1, -0.05) is 0 Å². The van der Waals surface area contributed by atoms with Crippen LogP contribution in [0.4, 0.5) is 0 Å². The van der Waals surface area contributed by atoms with E-state index in [1.807, 2.05) is 12.3 Å². The predicted molar refractivity (Wildman–Crippen MR) is 48.7 cm³/mol. The van der Waals surface area contributed by atoms with Crippen molar-refractivity contribution in [2.75, 3.05) is 13.2 Å². The molecule has 0 aliphatic carbocycles. The first kappa shape index (κ1) is 9.60. The smallest absolute Gasteiger partial charge is 0.0873 e. The van der Waals surface area contributed by atoms with Crippen molar-refractivity contribution < 1.29 is 4.74 Å². The van der Waals surface area contributed by atoms with Crippen molar-refractivity contribution in [2.45, 2.75) is 13.0 Å². The van der Waals surface area contributed by atoms with E-state index in [2.05, 4.69) is 10.4 Å². The third kappa shape index (κ3) is 2.53. The van der Waals surface area contributed by atoms with E-state index in [0.29, 0.717) is 13.2 Å². The van der Waals surface area contributed by atoms with Gasteiger partial charge in [-0.15, -0.1) is 11.3 Å². The first-order chi connectivity index (χ1) is 5.88. The van der Waals surface area contributed by atoms with Gasteiger partial charge in [0.25, 0.3) is 0 Å². The van der Waals surface area contributed by atoms with Crippen LogP contribution in [-0.2, 0) is 4.74 Å². The van der Waals surface area contributed by atoms with Gasteiger partial charge in [-0.2, -0.15) is 0 Å². The molecular weight excluding hydrogens is 174 g/mol. The molecule has 1 unspecified atom stereocenters. The zero-order chi connectivity index (χ0) is 8.81. The summed E-state index contributed by atoms with van der Waals surface area (Å²) in [7, 11) is 0. The third-order valence-electron chi connectivity index (χ3n) is 1.50. The maximum Gasteiger partial charge on any atom is 0.0873 e. The van der Waals surface area contributed by atoms with E-state index < -0.39 is 0 Å². The largest absolute Gasteiger partial charge is 0.380 e. The lowest BCUT2D eigenvalue weighted by molar-refractivity contribution is 0.122. The summed E-state index contributed by atoms with van der Waals surface area (Å²) < 4.78 is 5.23. The van der Waals surface area contributed by atoms with E-state index >= 15 is 0 Å². The number of hydrazine groups is 1. The van der Waals surface area contributed by atoms with E-state index in [4.69, 9.17) is 10.6 Å². The molecular formula is C7H13N3OS. The van der Waals surface area contributed by atoms with E-state index in [1.165, 1.54) is 0 Å². The monoisotopic (exact) mass is 187 g/mol. The molecule has 0 fully saturated rings. The molecule has 0 aromatic carbocycles. The number of hydrogen-bond acceptors (Lipinski definition) is 5. The molecule has 1 aromatic heterocycles. The maximum atomic E-state index is 5.34. The minimum atomic E-state index is 0.0104. The molecule has 0 bridgehead atoms. The van der Waals surface area contributed by atoms with Crippen LogP contribution in [0.2, 0.25) is 0 Å². The predicted octanol–water partition coefficient (Wildman–Crippen LogP) is 0.684. The van der Waals surface area contributed by atoms with Crippen LogP contribution in [0, 0.1) is 0 Å². The summed E-state index contributed by atoms with van der Waals surface area (Å²) in [5.74, 6) is 5.34. The number of aromatic nitrogens is 1. The Morgan fingerprint density at radius 3 is 3.17 bits per heavy atom. The Kier molecular flexibility index (Phi) is 4.16. The summed E-state index contributed by atoms with van der Waals surface area (Å²) in [4.78, 5) is 4.14. The highest BCUT2D eigenvalue weighted by Gasteiger charge is 2.10. The van der Waals surface area contributed by atoms with Gasteiger partial charge in [-0.3, -0.25) is 5.84 Å². The minimum absolute atomic E-state index is 0.0104. The molecule has 3 N–H and O–H groups in total. The van der Waals surface area contributed by atoms with Gasteiger partial charge in [0.05, 0.1) is 23.9 Å². The number of nitrogens with zero attached hydrogens (tertiary/aromatic N) is 1. The molecule has 1 rings (SSSR count). The van der Waals surface area contributed by atoms with Crippen LogP contribution in [0.15, 0.2) is 10.9 Å². The fourth-order valence-corrected chi connectivity index (χ4v) is 1.46. The zero-order valence-electron chi connectivity index (χ0n) is 6.99. The van der Waals surface area contributed by atoms with Gasteiger partial charge in [0.1, 0.15) is 0 Å². The van der Waals surface area contributed by atoms with Crippen LogP contribution in [0.1, 0.15) is 18.7 Å². The van der Waals surface area contributed by atoms with Crippen molar-refractivity contribution in [3.05, 3.63) is 16.6 Å². The lowest BCUT2D eigenvalue weighted by Gasteiger charge is -2.12. The maximum absolute atomic E-state index is 5.34. The first-order valence-electron chi connectivity index (χ1n) is 3.80. The normalized spacial score (nSPS) is 13.2. The molecule has 0 saturated carbocycles. The topological polar surface area (TPSA) is 60.2 Å². The summed E-state index contributed by atoms with van der Waals surface area (Å²) in [6.07, 6.45) is 0.